The first-order valence-electron chi connectivity index (χ1n) is 7.38. The minimum absolute atomic E-state index is 0.118. The van der Waals surface area contributed by atoms with E-state index in [0.29, 0.717) is 0 Å². The second kappa shape index (κ2) is 4.77. The summed E-state index contributed by atoms with van der Waals surface area (Å²) >= 11 is 0. The second-order valence-corrected chi connectivity index (χ2v) is 6.58. The van der Waals surface area contributed by atoms with E-state index >= 15 is 0 Å². The molecule has 0 aromatic heterocycles. The number of fused-ring (bicyclic) bond motifs is 1. The number of carbonyl (C=O) groups is 1. The highest BCUT2D eigenvalue weighted by Crippen LogP contribution is 2.37. The first kappa shape index (κ1) is 13.4. The normalized spacial score (nSPS) is 21.4. The summed E-state index contributed by atoms with van der Waals surface area (Å²) in [7, 11) is 2.17. The predicted octanol–water partition coefficient (Wildman–Crippen LogP) is 0.371. The van der Waals surface area contributed by atoms with Crippen LogP contribution in [-0.2, 0) is 6.42 Å². The molecular formula is C16H23N2O2+. The van der Waals surface area contributed by atoms with Crippen LogP contribution in [-0.4, -0.2) is 49.6 Å². The molecule has 1 aromatic carbocycles. The molecular weight excluding hydrogens is 252 g/mol. The number of nitrogens with zero attached hydrogens (tertiary/aromatic N) is 1. The van der Waals surface area contributed by atoms with Crippen LogP contribution < -0.4 is 9.64 Å². The van der Waals surface area contributed by atoms with Crippen LogP contribution >= 0.6 is 0 Å². The van der Waals surface area contributed by atoms with E-state index in [1.807, 2.05) is 17.0 Å². The minimum atomic E-state index is -0.203. The maximum atomic E-state index is 12.7. The number of quaternary nitrogens is 1. The summed E-state index contributed by atoms with van der Waals surface area (Å²) in [4.78, 5) is 16.2. The lowest BCUT2D eigenvalue weighted by Crippen LogP contribution is -3.12. The van der Waals surface area contributed by atoms with E-state index in [1.54, 1.807) is 0 Å². The Kier molecular flexibility index (Phi) is 3.21. The number of nitrogens with one attached hydrogen (secondary N) is 1. The Morgan fingerprint density at radius 3 is 2.70 bits per heavy atom. The molecule has 0 unspecified atom stereocenters. The van der Waals surface area contributed by atoms with Gasteiger partial charge in [-0.25, -0.2) is 0 Å². The molecule has 4 heteroatoms. The number of likely N-dealkylation sites (N-methyl/N-ethyl adjacent to an activating group) is 1. The lowest BCUT2D eigenvalue weighted by atomic mass is 10.00. The van der Waals surface area contributed by atoms with Crippen molar-refractivity contribution in [1.82, 2.24) is 4.90 Å². The van der Waals surface area contributed by atoms with Gasteiger partial charge in [0.05, 0.1) is 38.8 Å². The Labute approximate surface area is 120 Å². The molecule has 1 amide bonds. The van der Waals surface area contributed by atoms with Crippen molar-refractivity contribution in [3.63, 3.8) is 0 Å². The van der Waals surface area contributed by atoms with E-state index in [-0.39, 0.29) is 11.5 Å². The van der Waals surface area contributed by atoms with Gasteiger partial charge in [0.2, 0.25) is 0 Å². The van der Waals surface area contributed by atoms with Gasteiger partial charge in [-0.15, -0.1) is 0 Å². The van der Waals surface area contributed by atoms with E-state index in [1.165, 1.54) is 4.90 Å². The van der Waals surface area contributed by atoms with Crippen molar-refractivity contribution in [2.24, 2.45) is 0 Å². The molecule has 1 aromatic rings. The molecule has 0 saturated carbocycles. The average Bonchev–Trinajstić information content (AvgIpc) is 2.72. The molecule has 3 rings (SSSR count). The number of benzene rings is 1. The van der Waals surface area contributed by atoms with Crippen LogP contribution in [0.1, 0.15) is 29.8 Å². The van der Waals surface area contributed by atoms with Gasteiger partial charge < -0.3 is 14.5 Å². The zero-order chi connectivity index (χ0) is 14.3. The van der Waals surface area contributed by atoms with Crippen LogP contribution in [0.2, 0.25) is 0 Å². The van der Waals surface area contributed by atoms with Crippen LogP contribution in [0, 0.1) is 0 Å². The first-order valence-corrected chi connectivity index (χ1v) is 7.38. The van der Waals surface area contributed by atoms with E-state index in [2.05, 4.69) is 27.0 Å². The third-order valence-electron chi connectivity index (χ3n) is 4.23. The third kappa shape index (κ3) is 2.40. The fraction of sp³-hybridized carbons (Fsp3) is 0.562. The summed E-state index contributed by atoms with van der Waals surface area (Å²) in [6, 6.07) is 5.93. The summed E-state index contributed by atoms with van der Waals surface area (Å²) in [5.41, 5.74) is 1.68. The molecule has 0 aliphatic carbocycles. The molecule has 1 fully saturated rings. The number of hydrogen-bond acceptors (Lipinski definition) is 2. The quantitative estimate of drug-likeness (QED) is 0.803. The zero-order valence-corrected chi connectivity index (χ0v) is 12.5. The monoisotopic (exact) mass is 275 g/mol. The molecule has 2 aliphatic heterocycles. The van der Waals surface area contributed by atoms with Gasteiger partial charge in [-0.2, -0.15) is 0 Å². The fourth-order valence-electron chi connectivity index (χ4n) is 3.05. The van der Waals surface area contributed by atoms with Gasteiger partial charge in [0, 0.05) is 6.42 Å². The van der Waals surface area contributed by atoms with Gasteiger partial charge in [0.25, 0.3) is 5.91 Å². The SMILES string of the molecule is C[NH+]1CCN(C(=O)c2cccc3c2OC(C)(C)C3)CC1. The summed E-state index contributed by atoms with van der Waals surface area (Å²) in [6.45, 7) is 7.84. The standard InChI is InChI=1S/C16H22N2O2/c1-16(2)11-12-5-4-6-13(14(12)20-16)15(19)18-9-7-17(3)8-10-18/h4-6H,7-11H2,1-3H3/p+1. The summed E-state index contributed by atoms with van der Waals surface area (Å²) in [6.07, 6.45) is 0.871. The molecule has 20 heavy (non-hydrogen) atoms. The van der Waals surface area contributed by atoms with Crippen molar-refractivity contribution in [2.45, 2.75) is 25.9 Å². The number of carbonyl (C=O) groups excluding carboxylic acids is 1. The van der Waals surface area contributed by atoms with Crippen molar-refractivity contribution in [1.29, 1.82) is 0 Å². The maximum Gasteiger partial charge on any atom is 0.258 e. The molecule has 2 heterocycles. The number of rotatable bonds is 1. The van der Waals surface area contributed by atoms with Crippen molar-refractivity contribution in [2.75, 3.05) is 33.2 Å². The summed E-state index contributed by atoms with van der Waals surface area (Å²) < 4.78 is 6.01. The molecule has 0 spiro atoms. The molecule has 0 atom stereocenters. The smallest absolute Gasteiger partial charge is 0.258 e. The fourth-order valence-corrected chi connectivity index (χ4v) is 3.05. The molecule has 1 saturated heterocycles. The maximum absolute atomic E-state index is 12.7. The highest BCUT2D eigenvalue weighted by Gasteiger charge is 2.34. The minimum Gasteiger partial charge on any atom is -0.486 e. The second-order valence-electron chi connectivity index (χ2n) is 6.58. The number of amides is 1. The van der Waals surface area contributed by atoms with Gasteiger partial charge >= 0.3 is 0 Å². The van der Waals surface area contributed by atoms with Crippen molar-refractivity contribution in [3.05, 3.63) is 29.3 Å². The molecule has 2 aliphatic rings. The Morgan fingerprint density at radius 2 is 2.00 bits per heavy atom. The highest BCUT2D eigenvalue weighted by atomic mass is 16.5. The average molecular weight is 275 g/mol. The molecule has 1 N–H and O–H groups in total. The summed E-state index contributed by atoms with van der Waals surface area (Å²) in [5, 5.41) is 0. The lowest BCUT2D eigenvalue weighted by molar-refractivity contribution is -0.883. The van der Waals surface area contributed by atoms with Gasteiger partial charge in [-0.05, 0) is 25.5 Å². The van der Waals surface area contributed by atoms with Crippen LogP contribution in [0.4, 0.5) is 0 Å². The van der Waals surface area contributed by atoms with Crippen LogP contribution in [0.25, 0.3) is 0 Å². The van der Waals surface area contributed by atoms with Gasteiger partial charge in [0.1, 0.15) is 11.4 Å². The Morgan fingerprint density at radius 1 is 1.30 bits per heavy atom. The largest absolute Gasteiger partial charge is 0.486 e. The zero-order valence-electron chi connectivity index (χ0n) is 12.5. The van der Waals surface area contributed by atoms with Gasteiger partial charge in [-0.3, -0.25) is 4.79 Å². The Bertz CT molecular complexity index is 531. The lowest BCUT2D eigenvalue weighted by Gasteiger charge is -2.30. The van der Waals surface area contributed by atoms with Gasteiger partial charge in [-0.1, -0.05) is 12.1 Å². The molecule has 0 radical (unpaired) electrons. The number of ether oxygens (including phenoxy) is 1. The van der Waals surface area contributed by atoms with Crippen molar-refractivity contribution in [3.8, 4) is 5.75 Å². The Hall–Kier alpha value is -1.55. The number of hydrogen-bond donors (Lipinski definition) is 1. The van der Waals surface area contributed by atoms with E-state index in [0.717, 1.165) is 49.5 Å². The molecule has 108 valence electrons. The van der Waals surface area contributed by atoms with E-state index in [9.17, 15) is 4.79 Å². The Balaban J connectivity index is 1.85. The van der Waals surface area contributed by atoms with Crippen molar-refractivity contribution < 1.29 is 14.4 Å². The highest BCUT2D eigenvalue weighted by molar-refractivity contribution is 5.97. The molecule has 4 nitrogen and oxygen atoms in total. The number of para-hydroxylation sites is 1. The van der Waals surface area contributed by atoms with Crippen molar-refractivity contribution >= 4 is 5.91 Å². The van der Waals surface area contributed by atoms with Crippen LogP contribution in [0.5, 0.6) is 5.75 Å². The summed E-state index contributed by atoms with van der Waals surface area (Å²) in [5.74, 6) is 0.917. The van der Waals surface area contributed by atoms with E-state index < -0.39 is 0 Å². The van der Waals surface area contributed by atoms with Gasteiger partial charge in [0.15, 0.2) is 0 Å². The third-order valence-corrected chi connectivity index (χ3v) is 4.23. The first-order chi connectivity index (χ1) is 9.46. The molecule has 0 bridgehead atoms. The number of piperazine rings is 1. The van der Waals surface area contributed by atoms with E-state index in [4.69, 9.17) is 4.74 Å². The van der Waals surface area contributed by atoms with Crippen LogP contribution in [0.15, 0.2) is 18.2 Å². The van der Waals surface area contributed by atoms with Crippen LogP contribution in [0.3, 0.4) is 0 Å². The topological polar surface area (TPSA) is 34.0 Å². The predicted molar refractivity (Wildman–Crippen MR) is 77.4 cm³/mol.